The van der Waals surface area contributed by atoms with Gasteiger partial charge < -0.3 is 14.5 Å². The number of alkyl halides is 1. The van der Waals surface area contributed by atoms with Crippen molar-refractivity contribution in [2.75, 3.05) is 43.2 Å². The van der Waals surface area contributed by atoms with Gasteiger partial charge in [-0.1, -0.05) is 0 Å². The smallest absolute Gasteiger partial charge is 0.160 e. The highest BCUT2D eigenvalue weighted by Crippen LogP contribution is 2.30. The lowest BCUT2D eigenvalue weighted by Crippen LogP contribution is -2.38. The zero-order valence-electron chi connectivity index (χ0n) is 19.1. The van der Waals surface area contributed by atoms with Crippen molar-refractivity contribution in [3.8, 4) is 11.4 Å². The fourth-order valence-corrected chi connectivity index (χ4v) is 5.24. The van der Waals surface area contributed by atoms with Crippen molar-refractivity contribution in [3.63, 3.8) is 0 Å². The zero-order valence-corrected chi connectivity index (χ0v) is 19.1. The Morgan fingerprint density at radius 2 is 1.85 bits per heavy atom. The number of hydrogen-bond acceptors (Lipinski definition) is 7. The summed E-state index contributed by atoms with van der Waals surface area (Å²) in [6, 6.07) is 4.39. The first-order valence-corrected chi connectivity index (χ1v) is 12.1. The van der Waals surface area contributed by atoms with Crippen LogP contribution in [0.5, 0.6) is 0 Å². The molecule has 0 spiro atoms. The molecule has 2 aliphatic heterocycles. The average molecular weight is 452 g/mol. The molecule has 174 valence electrons. The Morgan fingerprint density at radius 1 is 1.03 bits per heavy atom. The van der Waals surface area contributed by atoms with Gasteiger partial charge in [0.1, 0.15) is 29.2 Å². The first-order valence-electron chi connectivity index (χ1n) is 12.1. The molecule has 3 aromatic heterocycles. The Kier molecular flexibility index (Phi) is 5.36. The number of anilines is 2. The Labute approximate surface area is 192 Å². The minimum atomic E-state index is -0.800. The number of aromatic nitrogens is 5. The maximum Gasteiger partial charge on any atom is 0.160 e. The molecule has 5 heterocycles. The quantitative estimate of drug-likeness (QED) is 0.603. The predicted molar refractivity (Wildman–Crippen MR) is 125 cm³/mol. The van der Waals surface area contributed by atoms with Crippen LogP contribution in [0, 0.1) is 0 Å². The van der Waals surface area contributed by atoms with Gasteiger partial charge in [-0.25, -0.2) is 14.4 Å². The van der Waals surface area contributed by atoms with Gasteiger partial charge in [0, 0.05) is 45.0 Å². The summed E-state index contributed by atoms with van der Waals surface area (Å²) in [7, 11) is 2.11. The molecule has 6 rings (SSSR count). The van der Waals surface area contributed by atoms with E-state index in [9.17, 15) is 4.39 Å². The minimum Gasteiger partial charge on any atom is -0.381 e. The largest absolute Gasteiger partial charge is 0.381 e. The van der Waals surface area contributed by atoms with Crippen molar-refractivity contribution in [3.05, 3.63) is 29.7 Å². The summed E-state index contributed by atoms with van der Waals surface area (Å²) in [6.07, 6.45) is 7.84. The van der Waals surface area contributed by atoms with Gasteiger partial charge in [0.05, 0.1) is 24.1 Å². The fourth-order valence-electron chi connectivity index (χ4n) is 5.24. The summed E-state index contributed by atoms with van der Waals surface area (Å²) in [4.78, 5) is 18.8. The van der Waals surface area contributed by atoms with E-state index >= 15 is 0 Å². The van der Waals surface area contributed by atoms with Crippen LogP contribution in [0.15, 0.2) is 18.3 Å². The standard InChI is InChI=1S/C24H30FN7O/c1-30(17-7-10-33-11-8-17)24-13-22(31-9-6-16(25)15-31)28-23-12-20(29-32(23)24)21-14-26-18-4-2-3-5-19(18)27-21/h12-14,16-17H,2-11,15H2,1H3/t16-/m1/s1. The third-order valence-electron chi connectivity index (χ3n) is 7.22. The van der Waals surface area contributed by atoms with E-state index in [0.29, 0.717) is 25.6 Å². The molecule has 0 radical (unpaired) electrons. The lowest BCUT2D eigenvalue weighted by Gasteiger charge is -2.33. The molecule has 0 aromatic carbocycles. The molecule has 0 N–H and O–H groups in total. The molecule has 0 bridgehead atoms. The van der Waals surface area contributed by atoms with Gasteiger partial charge in [-0.3, -0.25) is 4.98 Å². The van der Waals surface area contributed by atoms with E-state index in [2.05, 4.69) is 23.0 Å². The second kappa shape index (κ2) is 8.52. The second-order valence-electron chi connectivity index (χ2n) is 9.41. The van der Waals surface area contributed by atoms with Crippen LogP contribution < -0.4 is 9.80 Å². The van der Waals surface area contributed by atoms with Gasteiger partial charge in [-0.15, -0.1) is 0 Å². The molecule has 9 heteroatoms. The van der Waals surface area contributed by atoms with Gasteiger partial charge >= 0.3 is 0 Å². The normalized spacial score (nSPS) is 21.5. The lowest BCUT2D eigenvalue weighted by atomic mass is 10.0. The average Bonchev–Trinajstić information content (AvgIpc) is 3.49. The van der Waals surface area contributed by atoms with E-state index < -0.39 is 6.17 Å². The summed E-state index contributed by atoms with van der Waals surface area (Å²) >= 11 is 0. The number of nitrogens with zero attached hydrogens (tertiary/aromatic N) is 7. The number of ether oxygens (including phenoxy) is 1. The van der Waals surface area contributed by atoms with Crippen molar-refractivity contribution < 1.29 is 9.13 Å². The molecule has 3 aliphatic rings. The zero-order chi connectivity index (χ0) is 22.4. The number of aryl methyl sites for hydroxylation is 2. The molecule has 0 amide bonds. The molecule has 33 heavy (non-hydrogen) atoms. The molecular weight excluding hydrogens is 421 g/mol. The lowest BCUT2D eigenvalue weighted by molar-refractivity contribution is 0.0853. The van der Waals surface area contributed by atoms with Crippen molar-refractivity contribution in [1.29, 1.82) is 0 Å². The molecule has 8 nitrogen and oxygen atoms in total. The van der Waals surface area contributed by atoms with Crippen LogP contribution in [0.1, 0.15) is 43.5 Å². The molecule has 2 saturated heterocycles. The second-order valence-corrected chi connectivity index (χ2v) is 9.41. The van der Waals surface area contributed by atoms with Crippen LogP contribution in [0.2, 0.25) is 0 Å². The minimum absolute atomic E-state index is 0.362. The van der Waals surface area contributed by atoms with Crippen molar-refractivity contribution in [1.82, 2.24) is 24.6 Å². The van der Waals surface area contributed by atoms with Crippen molar-refractivity contribution in [2.24, 2.45) is 0 Å². The topological polar surface area (TPSA) is 71.7 Å². The fraction of sp³-hybridized carbons (Fsp3) is 0.583. The van der Waals surface area contributed by atoms with Crippen LogP contribution in [0.25, 0.3) is 17.0 Å². The summed E-state index contributed by atoms with van der Waals surface area (Å²) in [5.41, 5.74) is 4.51. The van der Waals surface area contributed by atoms with Crippen molar-refractivity contribution in [2.45, 2.75) is 57.2 Å². The highest BCUT2D eigenvalue weighted by Gasteiger charge is 2.27. The van der Waals surface area contributed by atoms with Crippen LogP contribution in [0.4, 0.5) is 16.0 Å². The molecule has 1 atom stereocenters. The van der Waals surface area contributed by atoms with E-state index in [1.807, 2.05) is 21.7 Å². The van der Waals surface area contributed by atoms with Crippen LogP contribution >= 0.6 is 0 Å². The first-order chi connectivity index (χ1) is 16.2. The third-order valence-corrected chi connectivity index (χ3v) is 7.22. The molecule has 1 aliphatic carbocycles. The summed E-state index contributed by atoms with van der Waals surface area (Å²) < 4.78 is 21.4. The third kappa shape index (κ3) is 3.92. The monoisotopic (exact) mass is 451 g/mol. The number of halogens is 1. The summed E-state index contributed by atoms with van der Waals surface area (Å²) in [5.74, 6) is 1.76. The van der Waals surface area contributed by atoms with Gasteiger partial charge in [-0.05, 0) is 44.9 Å². The van der Waals surface area contributed by atoms with E-state index in [1.165, 1.54) is 6.42 Å². The predicted octanol–water partition coefficient (Wildman–Crippen LogP) is 3.23. The molecular formula is C24H30FN7O. The maximum absolute atomic E-state index is 14.0. The maximum atomic E-state index is 14.0. The Bertz CT molecular complexity index is 1160. The Morgan fingerprint density at radius 3 is 2.64 bits per heavy atom. The van der Waals surface area contributed by atoms with E-state index in [0.717, 1.165) is 85.4 Å². The van der Waals surface area contributed by atoms with E-state index in [-0.39, 0.29) is 0 Å². The van der Waals surface area contributed by atoms with Gasteiger partial charge in [-0.2, -0.15) is 9.61 Å². The number of fused-ring (bicyclic) bond motifs is 2. The highest BCUT2D eigenvalue weighted by molar-refractivity contribution is 5.66. The number of rotatable bonds is 4. The number of hydrogen-bond donors (Lipinski definition) is 0. The van der Waals surface area contributed by atoms with Gasteiger partial charge in [0.25, 0.3) is 0 Å². The van der Waals surface area contributed by atoms with Crippen LogP contribution in [-0.4, -0.2) is 70.1 Å². The SMILES string of the molecule is CN(c1cc(N2CC[C@@H](F)C2)nc2cc(-c3cnc4c(n3)CCCC4)nn12)C1CCOCC1. The Hall–Kier alpha value is -2.81. The summed E-state index contributed by atoms with van der Waals surface area (Å²) in [6.45, 7) is 2.60. The first kappa shape index (κ1) is 20.8. The van der Waals surface area contributed by atoms with E-state index in [1.54, 1.807) is 0 Å². The van der Waals surface area contributed by atoms with E-state index in [4.69, 9.17) is 19.8 Å². The molecule has 2 fully saturated rings. The highest BCUT2D eigenvalue weighted by atomic mass is 19.1. The van der Waals surface area contributed by atoms with Gasteiger partial charge in [0.15, 0.2) is 5.65 Å². The van der Waals surface area contributed by atoms with Crippen LogP contribution in [-0.2, 0) is 17.6 Å². The van der Waals surface area contributed by atoms with Crippen molar-refractivity contribution >= 4 is 17.3 Å². The Balaban J connectivity index is 1.43. The summed E-state index contributed by atoms with van der Waals surface area (Å²) in [5, 5.41) is 4.92. The molecule has 0 unspecified atom stereocenters. The van der Waals surface area contributed by atoms with Gasteiger partial charge in [0.2, 0.25) is 0 Å². The molecule has 0 saturated carbocycles. The van der Waals surface area contributed by atoms with Crippen LogP contribution in [0.3, 0.4) is 0 Å². The molecule has 3 aromatic rings.